The first-order valence-corrected chi connectivity index (χ1v) is 7.84. The van der Waals surface area contributed by atoms with Gasteiger partial charge in [0.2, 0.25) is 5.95 Å². The fourth-order valence-electron chi connectivity index (χ4n) is 3.54. The number of benzene rings is 1. The Balaban J connectivity index is 1.62. The first-order chi connectivity index (χ1) is 9.69. The maximum atomic E-state index is 4.73. The smallest absolute Gasteiger partial charge is 0.225 e. The quantitative estimate of drug-likeness (QED) is 0.802. The third-order valence-electron chi connectivity index (χ3n) is 4.48. The van der Waals surface area contributed by atoms with Crippen LogP contribution in [0.1, 0.15) is 0 Å². The Bertz CT molecular complexity index is 645. The average molecular weight is 333 g/mol. The predicted molar refractivity (Wildman–Crippen MR) is 83.9 cm³/mol. The minimum Gasteiger partial charge on any atom is -0.340 e. The molecule has 1 aromatic heterocycles. The van der Waals surface area contributed by atoms with Crippen molar-refractivity contribution in [1.82, 2.24) is 14.9 Å². The minimum atomic E-state index is 0.782. The lowest BCUT2D eigenvalue weighted by molar-refractivity contribution is 0.386. The molecule has 2 aliphatic rings. The minimum absolute atomic E-state index is 0.782. The Labute approximate surface area is 126 Å². The highest BCUT2D eigenvalue weighted by atomic mass is 79.9. The summed E-state index contributed by atoms with van der Waals surface area (Å²) in [5.41, 5.74) is 1.02. The Morgan fingerprint density at radius 2 is 1.90 bits per heavy atom. The molecule has 4 nitrogen and oxygen atoms in total. The summed E-state index contributed by atoms with van der Waals surface area (Å²) in [6.07, 6.45) is 1.93. The van der Waals surface area contributed by atoms with Crippen molar-refractivity contribution in [2.45, 2.75) is 0 Å². The molecular formula is C15H17BrN4. The molecule has 0 spiro atoms. The van der Waals surface area contributed by atoms with Crippen LogP contribution in [0.4, 0.5) is 5.95 Å². The second kappa shape index (κ2) is 4.67. The Morgan fingerprint density at radius 3 is 2.65 bits per heavy atom. The first-order valence-electron chi connectivity index (χ1n) is 7.05. The molecule has 0 N–H and O–H groups in total. The zero-order valence-electron chi connectivity index (χ0n) is 11.5. The fraction of sp³-hybridized carbons (Fsp3) is 0.467. The highest BCUT2D eigenvalue weighted by Gasteiger charge is 2.39. The molecule has 2 aliphatic heterocycles. The number of likely N-dealkylation sites (tertiary alicyclic amines) is 1. The molecule has 0 radical (unpaired) electrons. The Hall–Kier alpha value is -1.20. The van der Waals surface area contributed by atoms with Crippen molar-refractivity contribution in [3.05, 3.63) is 28.9 Å². The molecule has 0 saturated carbocycles. The van der Waals surface area contributed by atoms with E-state index in [9.17, 15) is 0 Å². The molecule has 2 aromatic rings. The van der Waals surface area contributed by atoms with E-state index in [0.717, 1.165) is 46.2 Å². The molecular weight excluding hydrogens is 316 g/mol. The topological polar surface area (TPSA) is 32.3 Å². The van der Waals surface area contributed by atoms with Gasteiger partial charge in [-0.2, -0.15) is 0 Å². The lowest BCUT2D eigenvalue weighted by Gasteiger charge is -2.19. The third kappa shape index (κ3) is 2.09. The SMILES string of the molecule is CN1CC2CN(c3ncc4cc(Br)ccc4n3)CC2C1. The van der Waals surface area contributed by atoms with Gasteiger partial charge in [0, 0.05) is 42.2 Å². The van der Waals surface area contributed by atoms with Gasteiger partial charge in [0.25, 0.3) is 0 Å². The zero-order chi connectivity index (χ0) is 13.7. The standard InChI is InChI=1S/C15H17BrN4/c1-19-6-11-8-20(9-12(11)7-19)15-17-5-10-4-13(16)2-3-14(10)18-15/h2-5,11-12H,6-9H2,1H3. The number of hydrogen-bond donors (Lipinski definition) is 0. The summed E-state index contributed by atoms with van der Waals surface area (Å²) >= 11 is 3.48. The van der Waals surface area contributed by atoms with E-state index in [0.29, 0.717) is 0 Å². The van der Waals surface area contributed by atoms with Gasteiger partial charge in [-0.15, -0.1) is 0 Å². The van der Waals surface area contributed by atoms with Crippen molar-refractivity contribution >= 4 is 32.8 Å². The van der Waals surface area contributed by atoms with E-state index in [2.05, 4.69) is 49.9 Å². The normalized spacial score (nSPS) is 26.4. The van der Waals surface area contributed by atoms with Gasteiger partial charge in [0.05, 0.1) is 5.52 Å². The van der Waals surface area contributed by atoms with Crippen LogP contribution in [-0.4, -0.2) is 48.1 Å². The van der Waals surface area contributed by atoms with E-state index in [1.54, 1.807) is 0 Å². The summed E-state index contributed by atoms with van der Waals surface area (Å²) in [4.78, 5) is 14.1. The molecule has 2 atom stereocenters. The average Bonchev–Trinajstić information content (AvgIpc) is 2.95. The summed E-state index contributed by atoms with van der Waals surface area (Å²) < 4.78 is 1.07. The van der Waals surface area contributed by atoms with Crippen LogP contribution in [-0.2, 0) is 0 Å². The third-order valence-corrected chi connectivity index (χ3v) is 4.97. The summed E-state index contributed by atoms with van der Waals surface area (Å²) in [6, 6.07) is 6.15. The monoisotopic (exact) mass is 332 g/mol. The Kier molecular flexibility index (Phi) is 2.93. The molecule has 3 heterocycles. The van der Waals surface area contributed by atoms with Crippen LogP contribution >= 0.6 is 15.9 Å². The second-order valence-corrected chi connectivity index (χ2v) is 6.94. The molecule has 5 heteroatoms. The Morgan fingerprint density at radius 1 is 1.15 bits per heavy atom. The lowest BCUT2D eigenvalue weighted by atomic mass is 10.0. The maximum absolute atomic E-state index is 4.73. The number of hydrogen-bond acceptors (Lipinski definition) is 4. The molecule has 0 aliphatic carbocycles. The van der Waals surface area contributed by atoms with Crippen molar-refractivity contribution in [2.24, 2.45) is 11.8 Å². The van der Waals surface area contributed by atoms with Crippen LogP contribution in [0.5, 0.6) is 0 Å². The van der Waals surface area contributed by atoms with Crippen LogP contribution in [0.25, 0.3) is 10.9 Å². The van der Waals surface area contributed by atoms with E-state index < -0.39 is 0 Å². The number of fused-ring (bicyclic) bond motifs is 2. The molecule has 2 saturated heterocycles. The van der Waals surface area contributed by atoms with E-state index in [4.69, 9.17) is 4.98 Å². The highest BCUT2D eigenvalue weighted by molar-refractivity contribution is 9.10. The van der Waals surface area contributed by atoms with E-state index >= 15 is 0 Å². The summed E-state index contributed by atoms with van der Waals surface area (Å²) in [5, 5.41) is 1.09. The molecule has 0 amide bonds. The van der Waals surface area contributed by atoms with Gasteiger partial charge in [-0.25, -0.2) is 9.97 Å². The van der Waals surface area contributed by atoms with E-state index in [1.807, 2.05) is 12.3 Å². The first kappa shape index (κ1) is 12.5. The molecule has 1 aromatic carbocycles. The number of nitrogens with zero attached hydrogens (tertiary/aromatic N) is 4. The number of halogens is 1. The van der Waals surface area contributed by atoms with E-state index in [1.165, 1.54) is 13.1 Å². The van der Waals surface area contributed by atoms with Gasteiger partial charge in [-0.3, -0.25) is 0 Å². The van der Waals surface area contributed by atoms with Crippen LogP contribution < -0.4 is 4.90 Å². The molecule has 4 rings (SSSR count). The molecule has 2 fully saturated rings. The second-order valence-electron chi connectivity index (χ2n) is 6.02. The zero-order valence-corrected chi connectivity index (χ0v) is 13.0. The van der Waals surface area contributed by atoms with Crippen molar-refractivity contribution in [3.8, 4) is 0 Å². The number of rotatable bonds is 1. The van der Waals surface area contributed by atoms with Gasteiger partial charge in [0.15, 0.2) is 0 Å². The summed E-state index contributed by atoms with van der Waals surface area (Å²) in [5.74, 6) is 2.45. The van der Waals surface area contributed by atoms with Crippen LogP contribution in [0.3, 0.4) is 0 Å². The number of anilines is 1. The maximum Gasteiger partial charge on any atom is 0.225 e. The molecule has 104 valence electrons. The predicted octanol–water partition coefficient (Wildman–Crippen LogP) is 2.39. The molecule has 0 bridgehead atoms. The van der Waals surface area contributed by atoms with Gasteiger partial charge in [-0.1, -0.05) is 15.9 Å². The molecule has 20 heavy (non-hydrogen) atoms. The van der Waals surface area contributed by atoms with E-state index in [-0.39, 0.29) is 0 Å². The largest absolute Gasteiger partial charge is 0.340 e. The van der Waals surface area contributed by atoms with Crippen LogP contribution in [0.15, 0.2) is 28.9 Å². The van der Waals surface area contributed by atoms with Crippen molar-refractivity contribution in [3.63, 3.8) is 0 Å². The van der Waals surface area contributed by atoms with Gasteiger partial charge >= 0.3 is 0 Å². The highest BCUT2D eigenvalue weighted by Crippen LogP contribution is 2.32. The fourth-order valence-corrected chi connectivity index (χ4v) is 3.92. The van der Waals surface area contributed by atoms with Crippen LogP contribution in [0.2, 0.25) is 0 Å². The van der Waals surface area contributed by atoms with Crippen molar-refractivity contribution < 1.29 is 0 Å². The lowest BCUT2D eigenvalue weighted by Crippen LogP contribution is -2.27. The van der Waals surface area contributed by atoms with Crippen molar-refractivity contribution in [1.29, 1.82) is 0 Å². The summed E-state index contributed by atoms with van der Waals surface area (Å²) in [7, 11) is 2.22. The van der Waals surface area contributed by atoms with Crippen LogP contribution in [0, 0.1) is 11.8 Å². The number of aromatic nitrogens is 2. The van der Waals surface area contributed by atoms with Gasteiger partial charge in [0.1, 0.15) is 0 Å². The van der Waals surface area contributed by atoms with Gasteiger partial charge < -0.3 is 9.80 Å². The molecule has 2 unspecified atom stereocenters. The van der Waals surface area contributed by atoms with Gasteiger partial charge in [-0.05, 0) is 37.1 Å². The van der Waals surface area contributed by atoms with Crippen molar-refractivity contribution in [2.75, 3.05) is 38.1 Å². The summed E-state index contributed by atoms with van der Waals surface area (Å²) in [6.45, 7) is 4.61.